The molecule has 0 amide bonds. The second kappa shape index (κ2) is 8.88. The first-order valence-electron chi connectivity index (χ1n) is 11.7. The highest BCUT2D eigenvalue weighted by molar-refractivity contribution is 7.12. The van der Waals surface area contributed by atoms with Crippen LogP contribution in [0.15, 0.2) is 77.3 Å². The third-order valence-electron chi connectivity index (χ3n) is 6.66. The second-order valence-electron chi connectivity index (χ2n) is 8.72. The number of allylic oxidation sites excluding steroid dienone is 3. The number of carbonyl (C=O) groups is 1. The van der Waals surface area contributed by atoms with Gasteiger partial charge in [0.2, 0.25) is 0 Å². The number of aryl methyl sites for hydroxylation is 1. The number of benzene rings is 2. The molecule has 0 saturated heterocycles. The lowest BCUT2D eigenvalue weighted by molar-refractivity contribution is -0.116. The van der Waals surface area contributed by atoms with E-state index in [1.165, 1.54) is 4.88 Å². The number of unbranched alkanes of at least 4 members (excludes halogenated alkanes) is 1. The lowest BCUT2D eigenvalue weighted by Gasteiger charge is -2.39. The number of hydrogen-bond donors (Lipinski definition) is 1. The molecule has 3 aromatic rings. The third-order valence-corrected chi connectivity index (χ3v) is 7.87. The minimum atomic E-state index is -0.371. The minimum absolute atomic E-state index is 0.134. The van der Waals surface area contributed by atoms with Crippen molar-refractivity contribution in [3.63, 3.8) is 0 Å². The summed E-state index contributed by atoms with van der Waals surface area (Å²) in [7, 11) is 0. The van der Waals surface area contributed by atoms with Crippen molar-refractivity contribution in [2.24, 2.45) is 5.73 Å². The molecule has 1 aliphatic heterocycles. The van der Waals surface area contributed by atoms with E-state index in [4.69, 9.17) is 5.73 Å². The predicted molar refractivity (Wildman–Crippen MR) is 135 cm³/mol. The number of nitrogens with two attached hydrogens (primary N) is 1. The molecule has 1 aromatic heterocycles. The van der Waals surface area contributed by atoms with Crippen LogP contribution < -0.4 is 10.6 Å². The van der Waals surface area contributed by atoms with Crippen molar-refractivity contribution < 1.29 is 4.79 Å². The maximum atomic E-state index is 13.3. The van der Waals surface area contributed by atoms with Gasteiger partial charge in [0, 0.05) is 32.8 Å². The van der Waals surface area contributed by atoms with Crippen LogP contribution in [0, 0.1) is 11.3 Å². The van der Waals surface area contributed by atoms with E-state index in [0.717, 1.165) is 64.7 Å². The van der Waals surface area contributed by atoms with Gasteiger partial charge in [0.15, 0.2) is 5.78 Å². The fraction of sp³-hybridized carbons (Fsp3) is 0.286. The number of rotatable bonds is 5. The van der Waals surface area contributed by atoms with Crippen LogP contribution in [0.25, 0.3) is 10.8 Å². The first-order valence-corrected chi connectivity index (χ1v) is 12.5. The van der Waals surface area contributed by atoms with E-state index in [1.54, 1.807) is 11.3 Å². The summed E-state index contributed by atoms with van der Waals surface area (Å²) in [6.07, 6.45) is 5.39. The average molecular weight is 454 g/mol. The normalized spacial score (nSPS) is 18.6. The Kier molecular flexibility index (Phi) is 5.78. The summed E-state index contributed by atoms with van der Waals surface area (Å²) in [4.78, 5) is 17.7. The van der Waals surface area contributed by atoms with Crippen molar-refractivity contribution in [2.75, 3.05) is 4.90 Å². The molecule has 2 aromatic carbocycles. The van der Waals surface area contributed by atoms with Gasteiger partial charge in [-0.2, -0.15) is 5.26 Å². The van der Waals surface area contributed by atoms with Crippen LogP contribution in [0.1, 0.15) is 54.7 Å². The molecular formula is C28H27N3OS. The number of hydrogen-bond acceptors (Lipinski definition) is 5. The van der Waals surface area contributed by atoms with Crippen molar-refractivity contribution in [1.82, 2.24) is 0 Å². The highest BCUT2D eigenvalue weighted by Gasteiger charge is 2.41. The molecule has 4 nitrogen and oxygen atoms in total. The second-order valence-corrected chi connectivity index (χ2v) is 9.92. The summed E-state index contributed by atoms with van der Waals surface area (Å²) >= 11 is 1.71. The molecule has 2 heterocycles. The highest BCUT2D eigenvalue weighted by atomic mass is 32.1. The topological polar surface area (TPSA) is 70.1 Å². The lowest BCUT2D eigenvalue weighted by Crippen LogP contribution is -2.38. The third kappa shape index (κ3) is 3.65. The van der Waals surface area contributed by atoms with Gasteiger partial charge in [0.1, 0.15) is 5.82 Å². The van der Waals surface area contributed by atoms with Crippen molar-refractivity contribution in [1.29, 1.82) is 5.26 Å². The molecule has 2 N–H and O–H groups in total. The molecule has 1 atom stereocenters. The Morgan fingerprint density at radius 2 is 1.94 bits per heavy atom. The molecule has 0 fully saturated rings. The van der Waals surface area contributed by atoms with Gasteiger partial charge in [-0.1, -0.05) is 49.7 Å². The van der Waals surface area contributed by atoms with Gasteiger partial charge in [-0.3, -0.25) is 9.69 Å². The van der Waals surface area contributed by atoms with E-state index >= 15 is 0 Å². The van der Waals surface area contributed by atoms with E-state index in [2.05, 4.69) is 43.3 Å². The van der Waals surface area contributed by atoms with Gasteiger partial charge in [-0.25, -0.2) is 0 Å². The first kappa shape index (κ1) is 21.5. The van der Waals surface area contributed by atoms with E-state index in [0.29, 0.717) is 17.8 Å². The van der Waals surface area contributed by atoms with Crippen LogP contribution >= 0.6 is 11.3 Å². The molecule has 1 unspecified atom stereocenters. The molecular weight excluding hydrogens is 426 g/mol. The number of ketones is 1. The van der Waals surface area contributed by atoms with E-state index in [1.807, 2.05) is 29.2 Å². The van der Waals surface area contributed by atoms with Crippen LogP contribution in [0.3, 0.4) is 0 Å². The van der Waals surface area contributed by atoms with Gasteiger partial charge in [-0.15, -0.1) is 11.3 Å². The molecule has 5 heteroatoms. The lowest BCUT2D eigenvalue weighted by atomic mass is 9.78. The number of anilines is 1. The highest BCUT2D eigenvalue weighted by Crippen LogP contribution is 2.48. The van der Waals surface area contributed by atoms with E-state index in [9.17, 15) is 10.1 Å². The van der Waals surface area contributed by atoms with Crippen molar-refractivity contribution in [3.05, 3.63) is 87.0 Å². The fourth-order valence-corrected chi connectivity index (χ4v) is 6.26. The van der Waals surface area contributed by atoms with Gasteiger partial charge in [0.05, 0.1) is 23.2 Å². The fourth-order valence-electron chi connectivity index (χ4n) is 5.08. The quantitative estimate of drug-likeness (QED) is 0.476. The molecule has 2 aliphatic rings. The van der Waals surface area contributed by atoms with Crippen LogP contribution in [0.4, 0.5) is 5.69 Å². The zero-order valence-corrected chi connectivity index (χ0v) is 19.6. The Morgan fingerprint density at radius 1 is 1.12 bits per heavy atom. The first-order chi connectivity index (χ1) is 16.1. The van der Waals surface area contributed by atoms with Crippen molar-refractivity contribution in [3.8, 4) is 6.07 Å². The maximum Gasteiger partial charge on any atom is 0.161 e. The molecule has 1 aliphatic carbocycles. The largest absolute Gasteiger partial charge is 0.384 e. The molecule has 0 saturated carbocycles. The monoisotopic (exact) mass is 453 g/mol. The number of nitrogens with zero attached hydrogens (tertiary/aromatic N) is 2. The van der Waals surface area contributed by atoms with Gasteiger partial charge < -0.3 is 5.73 Å². The van der Waals surface area contributed by atoms with Crippen LogP contribution in [0.5, 0.6) is 0 Å². The number of fused-ring (bicyclic) bond motifs is 1. The number of carbonyl (C=O) groups excluding carboxylic acids is 1. The Balaban J connectivity index is 1.71. The summed E-state index contributed by atoms with van der Waals surface area (Å²) in [5.74, 6) is 0.204. The smallest absolute Gasteiger partial charge is 0.161 e. The summed E-state index contributed by atoms with van der Waals surface area (Å²) in [5.41, 5.74) is 9.87. The zero-order chi connectivity index (χ0) is 22.9. The maximum absolute atomic E-state index is 13.3. The standard InChI is InChI=1S/C28H27N3OS/c1-2-3-10-19-15-16-25(33-19)26-21(17-29)28(30)31(23-13-7-14-24(32)27(23)26)22-12-6-9-18-8-4-5-11-20(18)22/h4-6,8-9,11-12,15-16,26H,2-3,7,10,13-14,30H2,1H3. The van der Waals surface area contributed by atoms with Gasteiger partial charge >= 0.3 is 0 Å². The zero-order valence-electron chi connectivity index (χ0n) is 18.8. The number of thiophene rings is 1. The summed E-state index contributed by atoms with van der Waals surface area (Å²) in [6.45, 7) is 2.19. The van der Waals surface area contributed by atoms with Crippen LogP contribution in [-0.2, 0) is 11.2 Å². The number of nitriles is 1. The summed E-state index contributed by atoms with van der Waals surface area (Å²) < 4.78 is 0. The van der Waals surface area contributed by atoms with Crippen molar-refractivity contribution in [2.45, 2.75) is 51.4 Å². The molecule has 0 radical (unpaired) electrons. The molecule has 0 bridgehead atoms. The number of Topliss-reactive ketones (excluding diaryl/α,β-unsaturated/α-hetero) is 1. The Morgan fingerprint density at radius 3 is 2.76 bits per heavy atom. The Bertz CT molecular complexity index is 1340. The Labute approximate surface area is 198 Å². The molecule has 166 valence electrons. The SMILES string of the molecule is CCCCc1ccc(C2C(C#N)=C(N)N(c3cccc4ccccc34)C3=C2C(=O)CCC3)s1. The van der Waals surface area contributed by atoms with Crippen LogP contribution in [-0.4, -0.2) is 5.78 Å². The van der Waals surface area contributed by atoms with Gasteiger partial charge in [-0.05, 0) is 49.3 Å². The Hall–Kier alpha value is -3.36. The average Bonchev–Trinajstić information content (AvgIpc) is 3.30. The van der Waals surface area contributed by atoms with Crippen molar-refractivity contribution >= 4 is 33.6 Å². The van der Waals surface area contributed by atoms with Crippen LogP contribution in [0.2, 0.25) is 0 Å². The van der Waals surface area contributed by atoms with E-state index in [-0.39, 0.29) is 11.7 Å². The summed E-state index contributed by atoms with van der Waals surface area (Å²) in [6, 6.07) is 20.9. The molecule has 33 heavy (non-hydrogen) atoms. The molecule has 0 spiro atoms. The summed E-state index contributed by atoms with van der Waals surface area (Å²) in [5, 5.41) is 12.4. The predicted octanol–water partition coefficient (Wildman–Crippen LogP) is 6.55. The van der Waals surface area contributed by atoms with Gasteiger partial charge in [0.25, 0.3) is 0 Å². The molecule has 5 rings (SSSR count). The van der Waals surface area contributed by atoms with E-state index < -0.39 is 0 Å². The minimum Gasteiger partial charge on any atom is -0.384 e.